The van der Waals surface area contributed by atoms with Crippen LogP contribution in [0.5, 0.6) is 0 Å². The van der Waals surface area contributed by atoms with E-state index in [9.17, 15) is 13.2 Å². The summed E-state index contributed by atoms with van der Waals surface area (Å²) in [5.74, 6) is -0.0557. The first-order chi connectivity index (χ1) is 10.5. The summed E-state index contributed by atoms with van der Waals surface area (Å²) in [4.78, 5) is 7.83. The molecule has 0 radical (unpaired) electrons. The summed E-state index contributed by atoms with van der Waals surface area (Å²) in [5, 5.41) is 3.63. The number of halogens is 3. The Hall–Kier alpha value is -2.38. The summed E-state index contributed by atoms with van der Waals surface area (Å²) in [7, 11) is 0. The van der Waals surface area contributed by atoms with E-state index in [4.69, 9.17) is 5.73 Å². The maximum atomic E-state index is 13.3. The van der Waals surface area contributed by atoms with Crippen molar-refractivity contribution in [2.75, 3.05) is 5.73 Å². The SMILES string of the molecule is Nc1c(C2=CCCCC2)c(C(F)(F)F)nn1-c1ncccn1. The van der Waals surface area contributed by atoms with E-state index >= 15 is 0 Å². The number of anilines is 1. The van der Waals surface area contributed by atoms with Gasteiger partial charge in [-0.15, -0.1) is 0 Å². The predicted molar refractivity (Wildman–Crippen MR) is 75.0 cm³/mol. The molecule has 1 aliphatic rings. The second-order valence-electron chi connectivity index (χ2n) is 5.04. The molecule has 0 saturated carbocycles. The molecule has 2 N–H and O–H groups in total. The van der Waals surface area contributed by atoms with Gasteiger partial charge in [0.15, 0.2) is 5.69 Å². The van der Waals surface area contributed by atoms with Gasteiger partial charge in [-0.3, -0.25) is 0 Å². The Labute approximate surface area is 124 Å². The third-order valence-electron chi connectivity index (χ3n) is 3.54. The van der Waals surface area contributed by atoms with Crippen molar-refractivity contribution in [2.45, 2.75) is 31.9 Å². The van der Waals surface area contributed by atoms with Gasteiger partial charge < -0.3 is 5.73 Å². The molecule has 0 aliphatic heterocycles. The lowest BCUT2D eigenvalue weighted by molar-refractivity contribution is -0.141. The van der Waals surface area contributed by atoms with Gasteiger partial charge >= 0.3 is 6.18 Å². The first-order valence-corrected chi connectivity index (χ1v) is 6.91. The van der Waals surface area contributed by atoms with E-state index in [1.165, 1.54) is 12.4 Å². The maximum Gasteiger partial charge on any atom is 0.435 e. The van der Waals surface area contributed by atoms with Gasteiger partial charge in [0.2, 0.25) is 0 Å². The van der Waals surface area contributed by atoms with Gasteiger partial charge in [0.1, 0.15) is 5.82 Å². The highest BCUT2D eigenvalue weighted by Gasteiger charge is 2.40. The summed E-state index contributed by atoms with van der Waals surface area (Å²) in [6.45, 7) is 0. The molecule has 2 heterocycles. The minimum atomic E-state index is -4.58. The lowest BCUT2D eigenvalue weighted by Gasteiger charge is -2.14. The van der Waals surface area contributed by atoms with E-state index in [0.29, 0.717) is 12.0 Å². The average Bonchev–Trinajstić information content (AvgIpc) is 2.87. The average molecular weight is 309 g/mol. The molecule has 116 valence electrons. The summed E-state index contributed by atoms with van der Waals surface area (Å²) >= 11 is 0. The van der Waals surface area contributed by atoms with Crippen LogP contribution in [0.25, 0.3) is 11.5 Å². The van der Waals surface area contributed by atoms with Crippen LogP contribution in [0.2, 0.25) is 0 Å². The van der Waals surface area contributed by atoms with Crippen molar-refractivity contribution >= 4 is 11.4 Å². The molecule has 0 saturated heterocycles. The van der Waals surface area contributed by atoms with Crippen molar-refractivity contribution < 1.29 is 13.2 Å². The van der Waals surface area contributed by atoms with Crippen molar-refractivity contribution in [2.24, 2.45) is 0 Å². The smallest absolute Gasteiger partial charge is 0.383 e. The van der Waals surface area contributed by atoms with E-state index in [0.717, 1.165) is 23.9 Å². The molecular formula is C14H14F3N5. The Balaban J connectivity index is 2.19. The van der Waals surface area contributed by atoms with Gasteiger partial charge in [0.05, 0.1) is 5.56 Å². The molecule has 0 amide bonds. The fourth-order valence-electron chi connectivity index (χ4n) is 2.56. The van der Waals surface area contributed by atoms with Crippen molar-refractivity contribution in [1.29, 1.82) is 0 Å². The van der Waals surface area contributed by atoms with Crippen LogP contribution in [0, 0.1) is 0 Å². The number of alkyl halides is 3. The number of aromatic nitrogens is 4. The molecule has 5 nitrogen and oxygen atoms in total. The quantitative estimate of drug-likeness (QED) is 0.924. The van der Waals surface area contributed by atoms with Crippen molar-refractivity contribution in [3.05, 3.63) is 35.8 Å². The summed E-state index contributed by atoms with van der Waals surface area (Å²) in [5.41, 5.74) is 5.52. The fraction of sp³-hybridized carbons (Fsp3) is 0.357. The Kier molecular flexibility index (Phi) is 3.59. The van der Waals surface area contributed by atoms with Gasteiger partial charge in [-0.25, -0.2) is 9.97 Å². The Morgan fingerprint density at radius 2 is 1.86 bits per heavy atom. The maximum absolute atomic E-state index is 13.3. The number of hydrogen-bond donors (Lipinski definition) is 1. The molecule has 3 rings (SSSR count). The van der Waals surface area contributed by atoms with Gasteiger partial charge in [-0.2, -0.15) is 23.0 Å². The van der Waals surface area contributed by atoms with Crippen molar-refractivity contribution in [3.63, 3.8) is 0 Å². The predicted octanol–water partition coefficient (Wildman–Crippen LogP) is 3.22. The molecule has 0 atom stereocenters. The first kappa shape index (κ1) is 14.6. The van der Waals surface area contributed by atoms with E-state index in [1.54, 1.807) is 6.07 Å². The molecule has 0 spiro atoms. The normalized spacial score (nSPS) is 15.7. The third-order valence-corrected chi connectivity index (χ3v) is 3.54. The number of nitrogens with two attached hydrogens (primary N) is 1. The summed E-state index contributed by atoms with van der Waals surface area (Å²) in [6.07, 6.45) is 3.21. The largest absolute Gasteiger partial charge is 0.435 e. The van der Waals surface area contributed by atoms with Crippen molar-refractivity contribution in [3.8, 4) is 5.95 Å². The zero-order valence-corrected chi connectivity index (χ0v) is 11.6. The molecule has 0 unspecified atom stereocenters. The van der Waals surface area contributed by atoms with Crippen LogP contribution in [0.1, 0.15) is 36.9 Å². The molecule has 2 aromatic heterocycles. The van der Waals surface area contributed by atoms with E-state index in [2.05, 4.69) is 15.1 Å². The number of nitrogens with zero attached hydrogens (tertiary/aromatic N) is 4. The number of nitrogen functional groups attached to an aromatic ring is 1. The minimum absolute atomic E-state index is 0.0214. The van der Waals surface area contributed by atoms with E-state index < -0.39 is 11.9 Å². The minimum Gasteiger partial charge on any atom is -0.383 e. The van der Waals surface area contributed by atoms with E-state index in [-0.39, 0.29) is 17.3 Å². The highest BCUT2D eigenvalue weighted by Crippen LogP contribution is 2.40. The van der Waals surface area contributed by atoms with Crippen LogP contribution in [0.15, 0.2) is 24.5 Å². The Morgan fingerprint density at radius 3 is 2.45 bits per heavy atom. The monoisotopic (exact) mass is 309 g/mol. The summed E-state index contributed by atoms with van der Waals surface area (Å²) in [6, 6.07) is 1.57. The highest BCUT2D eigenvalue weighted by atomic mass is 19.4. The van der Waals surface area contributed by atoms with Crippen molar-refractivity contribution in [1.82, 2.24) is 19.7 Å². The molecule has 0 aromatic carbocycles. The van der Waals surface area contributed by atoms with Crippen LogP contribution < -0.4 is 5.73 Å². The van der Waals surface area contributed by atoms with Crippen LogP contribution in [0.4, 0.5) is 19.0 Å². The summed E-state index contributed by atoms with van der Waals surface area (Å²) < 4.78 is 40.9. The van der Waals surface area contributed by atoms with Gasteiger partial charge in [0, 0.05) is 12.4 Å². The molecular weight excluding hydrogens is 295 g/mol. The van der Waals surface area contributed by atoms with Gasteiger partial charge in [-0.1, -0.05) is 6.08 Å². The Morgan fingerprint density at radius 1 is 1.14 bits per heavy atom. The van der Waals surface area contributed by atoms with Crippen LogP contribution in [-0.4, -0.2) is 19.7 Å². The Bertz CT molecular complexity index is 703. The molecule has 0 fully saturated rings. The second kappa shape index (κ2) is 5.43. The second-order valence-corrected chi connectivity index (χ2v) is 5.04. The first-order valence-electron chi connectivity index (χ1n) is 6.91. The number of allylic oxidation sites excluding steroid dienone is 2. The van der Waals surface area contributed by atoms with Crippen LogP contribution >= 0.6 is 0 Å². The zero-order chi connectivity index (χ0) is 15.7. The molecule has 8 heteroatoms. The molecule has 0 bridgehead atoms. The zero-order valence-electron chi connectivity index (χ0n) is 11.6. The van der Waals surface area contributed by atoms with Crippen LogP contribution in [0.3, 0.4) is 0 Å². The lowest BCUT2D eigenvalue weighted by Crippen LogP contribution is -2.10. The lowest BCUT2D eigenvalue weighted by atomic mass is 9.93. The standard InChI is InChI=1S/C14H14F3N5/c15-14(16,17)11-10(9-5-2-1-3-6-9)12(18)22(21-11)13-19-7-4-8-20-13/h4-5,7-8H,1-3,6,18H2. The fourth-order valence-corrected chi connectivity index (χ4v) is 2.56. The molecule has 22 heavy (non-hydrogen) atoms. The number of rotatable bonds is 2. The third kappa shape index (κ3) is 2.56. The number of hydrogen-bond acceptors (Lipinski definition) is 4. The highest BCUT2D eigenvalue weighted by molar-refractivity contribution is 5.76. The van der Waals surface area contributed by atoms with Crippen LogP contribution in [-0.2, 0) is 6.18 Å². The van der Waals surface area contributed by atoms with Gasteiger partial charge in [0.25, 0.3) is 5.95 Å². The molecule has 1 aliphatic carbocycles. The molecule has 2 aromatic rings. The topological polar surface area (TPSA) is 69.6 Å². The van der Waals surface area contributed by atoms with E-state index in [1.807, 2.05) is 6.08 Å². The van der Waals surface area contributed by atoms with Gasteiger partial charge in [-0.05, 0) is 37.3 Å².